The first-order chi connectivity index (χ1) is 8.74. The van der Waals surface area contributed by atoms with E-state index in [2.05, 4.69) is 19.9 Å². The van der Waals surface area contributed by atoms with Gasteiger partial charge in [-0.1, -0.05) is 30.3 Å². The zero-order valence-electron chi connectivity index (χ0n) is 9.18. The third kappa shape index (κ3) is 1.69. The number of nitrogens with one attached hydrogen (secondary N) is 2. The summed E-state index contributed by atoms with van der Waals surface area (Å²) in [6.07, 6.45) is 1.40. The van der Waals surface area contributed by atoms with Crippen molar-refractivity contribution in [1.29, 1.82) is 0 Å². The van der Waals surface area contributed by atoms with E-state index < -0.39 is 11.2 Å². The maximum Gasteiger partial charge on any atom is 0.327 e. The Morgan fingerprint density at radius 2 is 1.78 bits per heavy atom. The number of nitrogens with zero attached hydrogens (tertiary/aromatic N) is 2. The lowest BCUT2D eigenvalue weighted by molar-refractivity contribution is 1.05. The number of aromatic amines is 2. The normalized spacial score (nSPS) is 10.7. The van der Waals surface area contributed by atoms with Gasteiger partial charge in [0, 0.05) is 11.8 Å². The summed E-state index contributed by atoms with van der Waals surface area (Å²) in [5, 5.41) is 0.259. The molecule has 0 saturated heterocycles. The number of rotatable bonds is 1. The van der Waals surface area contributed by atoms with Crippen LogP contribution in [0.3, 0.4) is 0 Å². The lowest BCUT2D eigenvalue weighted by Gasteiger charge is -2.00. The average molecular weight is 240 g/mol. The molecular weight excluding hydrogens is 232 g/mol. The second-order valence-corrected chi connectivity index (χ2v) is 3.73. The van der Waals surface area contributed by atoms with Gasteiger partial charge in [0.15, 0.2) is 11.5 Å². The molecule has 0 aliphatic heterocycles. The van der Waals surface area contributed by atoms with Gasteiger partial charge >= 0.3 is 5.69 Å². The van der Waals surface area contributed by atoms with E-state index in [0.717, 1.165) is 5.56 Å². The first-order valence-electron chi connectivity index (χ1n) is 5.29. The van der Waals surface area contributed by atoms with E-state index in [-0.39, 0.29) is 11.0 Å². The minimum atomic E-state index is -0.579. The molecular formula is C12H8N4O2. The van der Waals surface area contributed by atoms with Gasteiger partial charge in [-0.25, -0.2) is 14.8 Å². The van der Waals surface area contributed by atoms with E-state index in [1.54, 1.807) is 0 Å². The molecule has 0 radical (unpaired) electrons. The van der Waals surface area contributed by atoms with Gasteiger partial charge < -0.3 is 0 Å². The van der Waals surface area contributed by atoms with Crippen molar-refractivity contribution in [3.63, 3.8) is 0 Å². The van der Waals surface area contributed by atoms with Crippen LogP contribution in [0.4, 0.5) is 0 Å². The fraction of sp³-hybridized carbons (Fsp3) is 0. The molecule has 3 rings (SSSR count). The summed E-state index contributed by atoms with van der Waals surface area (Å²) in [4.78, 5) is 35.6. The fourth-order valence-corrected chi connectivity index (χ4v) is 1.68. The predicted molar refractivity (Wildman–Crippen MR) is 66.2 cm³/mol. The smallest absolute Gasteiger partial charge is 0.291 e. The van der Waals surface area contributed by atoms with Crippen molar-refractivity contribution in [2.75, 3.05) is 0 Å². The molecule has 0 atom stereocenters. The maximum atomic E-state index is 11.5. The molecule has 2 heterocycles. The second kappa shape index (κ2) is 3.92. The molecule has 2 N–H and O–H groups in total. The number of benzene rings is 1. The van der Waals surface area contributed by atoms with Crippen molar-refractivity contribution in [2.24, 2.45) is 0 Å². The average Bonchev–Trinajstić information content (AvgIpc) is 2.39. The predicted octanol–water partition coefficient (Wildman–Crippen LogP) is 0.673. The van der Waals surface area contributed by atoms with Crippen molar-refractivity contribution in [2.45, 2.75) is 0 Å². The molecule has 6 heteroatoms. The molecule has 0 fully saturated rings. The largest absolute Gasteiger partial charge is 0.327 e. The summed E-state index contributed by atoms with van der Waals surface area (Å²) < 4.78 is 0. The Labute approximate surface area is 100 Å². The Hall–Kier alpha value is -2.76. The standard InChI is InChI=1S/C12H8N4O2/c17-11-8-6-13-9(7-4-2-1-3-5-7)14-10(8)15-12(18)16-11/h1-6H,(H2,13,14,15,16,17,18). The van der Waals surface area contributed by atoms with Crippen LogP contribution in [-0.2, 0) is 0 Å². The summed E-state index contributed by atoms with van der Waals surface area (Å²) in [5.74, 6) is 0.462. The molecule has 0 aliphatic carbocycles. The van der Waals surface area contributed by atoms with Crippen molar-refractivity contribution in [3.8, 4) is 11.4 Å². The van der Waals surface area contributed by atoms with Crippen LogP contribution in [0.5, 0.6) is 0 Å². The molecule has 0 aliphatic rings. The lowest BCUT2D eigenvalue weighted by atomic mass is 10.2. The molecule has 2 aromatic heterocycles. The number of H-pyrrole nitrogens is 2. The topological polar surface area (TPSA) is 91.5 Å². The van der Waals surface area contributed by atoms with E-state index >= 15 is 0 Å². The van der Waals surface area contributed by atoms with Gasteiger partial charge in [0.05, 0.1) is 0 Å². The van der Waals surface area contributed by atoms with Gasteiger partial charge in [0.2, 0.25) is 0 Å². The molecule has 0 saturated carbocycles. The highest BCUT2D eigenvalue weighted by Crippen LogP contribution is 2.14. The zero-order chi connectivity index (χ0) is 12.5. The summed E-state index contributed by atoms with van der Waals surface area (Å²) >= 11 is 0. The van der Waals surface area contributed by atoms with Crippen LogP contribution in [0, 0.1) is 0 Å². The van der Waals surface area contributed by atoms with Crippen LogP contribution in [0.15, 0.2) is 46.1 Å². The minimum Gasteiger partial charge on any atom is -0.291 e. The van der Waals surface area contributed by atoms with Crippen LogP contribution in [0.1, 0.15) is 0 Å². The summed E-state index contributed by atoms with van der Waals surface area (Å²) in [6, 6.07) is 9.32. The first kappa shape index (κ1) is 10.4. The van der Waals surface area contributed by atoms with Crippen LogP contribution < -0.4 is 11.2 Å². The molecule has 0 amide bonds. The Balaban J connectivity index is 2.29. The van der Waals surface area contributed by atoms with Crippen molar-refractivity contribution in [1.82, 2.24) is 19.9 Å². The van der Waals surface area contributed by atoms with Crippen LogP contribution >= 0.6 is 0 Å². The van der Waals surface area contributed by atoms with Crippen LogP contribution in [-0.4, -0.2) is 19.9 Å². The van der Waals surface area contributed by atoms with E-state index in [4.69, 9.17) is 0 Å². The van der Waals surface area contributed by atoms with Crippen molar-refractivity contribution < 1.29 is 0 Å². The Kier molecular flexibility index (Phi) is 2.26. The monoisotopic (exact) mass is 240 g/mol. The molecule has 88 valence electrons. The zero-order valence-corrected chi connectivity index (χ0v) is 9.18. The molecule has 0 spiro atoms. The fourth-order valence-electron chi connectivity index (χ4n) is 1.68. The van der Waals surface area contributed by atoms with Crippen molar-refractivity contribution >= 4 is 11.0 Å². The van der Waals surface area contributed by atoms with Crippen molar-refractivity contribution in [3.05, 3.63) is 57.4 Å². The van der Waals surface area contributed by atoms with Gasteiger partial charge in [-0.15, -0.1) is 0 Å². The Morgan fingerprint density at radius 3 is 2.56 bits per heavy atom. The SMILES string of the molecule is O=c1[nH]c(=O)c2cnc(-c3ccccc3)nc2[nH]1. The Morgan fingerprint density at radius 1 is 1.00 bits per heavy atom. The highest BCUT2D eigenvalue weighted by Gasteiger charge is 2.06. The number of hydrogen-bond acceptors (Lipinski definition) is 4. The summed E-state index contributed by atoms with van der Waals surface area (Å²) in [5.41, 5.74) is -0.0169. The van der Waals surface area contributed by atoms with E-state index in [1.165, 1.54) is 6.20 Å². The second-order valence-electron chi connectivity index (χ2n) is 3.73. The first-order valence-corrected chi connectivity index (χ1v) is 5.29. The minimum absolute atomic E-state index is 0.234. The lowest BCUT2D eigenvalue weighted by Crippen LogP contribution is -2.22. The molecule has 3 aromatic rings. The maximum absolute atomic E-state index is 11.5. The highest BCUT2D eigenvalue weighted by molar-refractivity contribution is 5.74. The molecule has 0 bridgehead atoms. The Bertz CT molecular complexity index is 821. The molecule has 0 unspecified atom stereocenters. The number of aromatic nitrogens is 4. The highest BCUT2D eigenvalue weighted by atomic mass is 16.2. The quantitative estimate of drug-likeness (QED) is 0.654. The van der Waals surface area contributed by atoms with E-state index in [9.17, 15) is 9.59 Å². The molecule has 6 nitrogen and oxygen atoms in total. The molecule has 18 heavy (non-hydrogen) atoms. The summed E-state index contributed by atoms with van der Waals surface area (Å²) in [7, 11) is 0. The van der Waals surface area contributed by atoms with Crippen LogP contribution in [0.2, 0.25) is 0 Å². The van der Waals surface area contributed by atoms with E-state index in [1.807, 2.05) is 30.3 Å². The van der Waals surface area contributed by atoms with Gasteiger partial charge in [-0.2, -0.15) is 0 Å². The van der Waals surface area contributed by atoms with E-state index in [0.29, 0.717) is 5.82 Å². The van der Waals surface area contributed by atoms with Gasteiger partial charge in [0.1, 0.15) is 5.39 Å². The third-order valence-electron chi connectivity index (χ3n) is 2.52. The molecule has 1 aromatic carbocycles. The number of hydrogen-bond donors (Lipinski definition) is 2. The van der Waals surface area contributed by atoms with Gasteiger partial charge in [-0.05, 0) is 0 Å². The third-order valence-corrected chi connectivity index (χ3v) is 2.52. The summed E-state index contributed by atoms with van der Waals surface area (Å²) in [6.45, 7) is 0. The van der Waals surface area contributed by atoms with Gasteiger partial charge in [0.25, 0.3) is 5.56 Å². The number of fused-ring (bicyclic) bond motifs is 1. The van der Waals surface area contributed by atoms with Crippen LogP contribution in [0.25, 0.3) is 22.4 Å². The van der Waals surface area contributed by atoms with Gasteiger partial charge in [-0.3, -0.25) is 14.8 Å².